The minimum Gasteiger partial charge on any atom is -0.342 e. The number of likely N-dealkylation sites (tertiary alicyclic amines) is 1. The second-order valence-electron chi connectivity index (χ2n) is 8.23. The number of aromatic nitrogens is 1. The van der Waals surface area contributed by atoms with E-state index in [2.05, 4.69) is 54.4 Å². The fraction of sp³-hybridized carbons (Fsp3) is 0.333. The lowest BCUT2D eigenvalue weighted by Crippen LogP contribution is -2.56. The molecule has 136 valence electrons. The molecular weight excluding hydrogens is 332 g/mol. The molecule has 2 heterocycles. The second kappa shape index (κ2) is 5.91. The summed E-state index contributed by atoms with van der Waals surface area (Å²) in [6, 6.07) is 17.7. The molecule has 1 saturated heterocycles. The third-order valence-electron chi connectivity index (χ3n) is 6.81. The van der Waals surface area contributed by atoms with Crippen LogP contribution in [-0.4, -0.2) is 28.9 Å². The van der Waals surface area contributed by atoms with Crippen LogP contribution in [-0.2, 0) is 16.6 Å². The lowest BCUT2D eigenvalue weighted by molar-refractivity contribution is -0.138. The minimum absolute atomic E-state index is 0.0613. The summed E-state index contributed by atoms with van der Waals surface area (Å²) in [4.78, 5) is 18.8. The molecule has 1 aromatic heterocycles. The Bertz CT molecular complexity index is 1050. The maximum atomic E-state index is 12.2. The zero-order valence-corrected chi connectivity index (χ0v) is 15.9. The summed E-state index contributed by atoms with van der Waals surface area (Å²) in [7, 11) is 1.98. The van der Waals surface area contributed by atoms with Crippen molar-refractivity contribution in [1.82, 2.24) is 9.88 Å². The van der Waals surface area contributed by atoms with Gasteiger partial charge >= 0.3 is 0 Å². The van der Waals surface area contributed by atoms with Crippen molar-refractivity contribution in [2.45, 2.75) is 44.1 Å². The zero-order chi connectivity index (χ0) is 18.6. The normalized spacial score (nSPS) is 24.6. The molecule has 0 bridgehead atoms. The first-order valence-corrected chi connectivity index (χ1v) is 9.81. The Labute approximate surface area is 160 Å². The number of amides is 1. The van der Waals surface area contributed by atoms with Crippen LogP contribution in [0, 0.1) is 0 Å². The van der Waals surface area contributed by atoms with Crippen LogP contribution in [0.2, 0.25) is 0 Å². The summed E-state index contributed by atoms with van der Waals surface area (Å²) in [6.45, 7) is 2.34. The van der Waals surface area contributed by atoms with E-state index in [1.54, 1.807) is 0 Å². The number of hydrogen-bond donors (Lipinski definition) is 0. The number of benzene rings is 2. The molecule has 2 aliphatic rings. The number of likely N-dealkylation sites (N-methyl/N-ethyl adjacent to an activating group) is 1. The average Bonchev–Trinajstić information content (AvgIpc) is 2.70. The summed E-state index contributed by atoms with van der Waals surface area (Å²) in [6.07, 6.45) is 5.54. The van der Waals surface area contributed by atoms with E-state index < -0.39 is 0 Å². The number of para-hydroxylation sites is 1. The van der Waals surface area contributed by atoms with Gasteiger partial charge in [-0.15, -0.1) is 0 Å². The number of aryl methyl sites for hydroxylation is 1. The smallest absolute Gasteiger partial charge is 0.222 e. The van der Waals surface area contributed by atoms with Gasteiger partial charge in [0.25, 0.3) is 0 Å². The standard InChI is InChI=1S/C24H24N2O/c1-24-13-12-22(27)26(2)21(24)11-9-18-15-17(8-10-20(18)24)19-7-3-5-16-6-4-14-25-23(16)19/h3-8,10,14-15,21H,9,11-13H2,1-2H3/t21-,24-/m1/s1. The zero-order valence-electron chi connectivity index (χ0n) is 15.9. The maximum absolute atomic E-state index is 12.2. The molecule has 0 spiro atoms. The van der Waals surface area contributed by atoms with Crippen LogP contribution in [0.25, 0.3) is 22.0 Å². The number of pyridine rings is 1. The number of carbonyl (C=O) groups excluding carboxylic acids is 1. The Morgan fingerprint density at radius 1 is 1.11 bits per heavy atom. The first-order chi connectivity index (χ1) is 13.1. The number of hydrogen-bond acceptors (Lipinski definition) is 2. The van der Waals surface area contributed by atoms with E-state index in [-0.39, 0.29) is 5.41 Å². The molecule has 1 aliphatic carbocycles. The Morgan fingerprint density at radius 2 is 1.96 bits per heavy atom. The Balaban J connectivity index is 1.62. The largest absolute Gasteiger partial charge is 0.342 e. The molecule has 0 radical (unpaired) electrons. The molecule has 1 amide bonds. The van der Waals surface area contributed by atoms with Gasteiger partial charge in [-0.05, 0) is 42.0 Å². The van der Waals surface area contributed by atoms with Crippen molar-refractivity contribution < 1.29 is 4.79 Å². The molecule has 3 heteroatoms. The summed E-state index contributed by atoms with van der Waals surface area (Å²) in [5, 5.41) is 1.17. The van der Waals surface area contributed by atoms with E-state index >= 15 is 0 Å². The summed E-state index contributed by atoms with van der Waals surface area (Å²) >= 11 is 0. The van der Waals surface area contributed by atoms with Crippen LogP contribution in [0.15, 0.2) is 54.7 Å². The van der Waals surface area contributed by atoms with Crippen LogP contribution in [0.5, 0.6) is 0 Å². The predicted molar refractivity (Wildman–Crippen MR) is 109 cm³/mol. The van der Waals surface area contributed by atoms with Crippen molar-refractivity contribution in [3.05, 3.63) is 65.9 Å². The highest BCUT2D eigenvalue weighted by molar-refractivity contribution is 5.93. The molecule has 0 unspecified atom stereocenters. The fourth-order valence-corrected chi connectivity index (χ4v) is 5.29. The van der Waals surface area contributed by atoms with Gasteiger partial charge in [-0.2, -0.15) is 0 Å². The lowest BCUT2D eigenvalue weighted by atomic mass is 9.63. The summed E-state index contributed by atoms with van der Waals surface area (Å²) in [5.41, 5.74) is 6.41. The van der Waals surface area contributed by atoms with Gasteiger partial charge in [-0.25, -0.2) is 0 Å². The molecule has 0 saturated carbocycles. The molecule has 5 rings (SSSR count). The highest BCUT2D eigenvalue weighted by atomic mass is 16.2. The van der Waals surface area contributed by atoms with Crippen molar-refractivity contribution in [3.63, 3.8) is 0 Å². The van der Waals surface area contributed by atoms with Gasteiger partial charge in [0.15, 0.2) is 0 Å². The highest BCUT2D eigenvalue weighted by Crippen LogP contribution is 2.46. The molecule has 2 atom stereocenters. The van der Waals surface area contributed by atoms with E-state index in [1.807, 2.05) is 24.2 Å². The van der Waals surface area contributed by atoms with Gasteiger partial charge in [0, 0.05) is 42.1 Å². The lowest BCUT2D eigenvalue weighted by Gasteiger charge is -2.50. The number of carbonyl (C=O) groups is 1. The monoisotopic (exact) mass is 356 g/mol. The van der Waals surface area contributed by atoms with E-state index in [0.29, 0.717) is 18.4 Å². The van der Waals surface area contributed by atoms with Crippen LogP contribution in [0.4, 0.5) is 0 Å². The van der Waals surface area contributed by atoms with Gasteiger partial charge in [0.05, 0.1) is 5.52 Å². The van der Waals surface area contributed by atoms with E-state index in [1.165, 1.54) is 27.6 Å². The number of piperidine rings is 1. The average molecular weight is 356 g/mol. The fourth-order valence-electron chi connectivity index (χ4n) is 5.29. The molecule has 0 N–H and O–H groups in total. The predicted octanol–water partition coefficient (Wildman–Crippen LogP) is 4.73. The molecule has 27 heavy (non-hydrogen) atoms. The summed E-state index contributed by atoms with van der Waals surface area (Å²) in [5.74, 6) is 0.291. The van der Waals surface area contributed by atoms with Crippen molar-refractivity contribution in [3.8, 4) is 11.1 Å². The maximum Gasteiger partial charge on any atom is 0.222 e. The molecule has 1 fully saturated rings. The second-order valence-corrected chi connectivity index (χ2v) is 8.23. The van der Waals surface area contributed by atoms with Gasteiger partial charge < -0.3 is 4.90 Å². The summed E-state index contributed by atoms with van der Waals surface area (Å²) < 4.78 is 0. The number of rotatable bonds is 1. The van der Waals surface area contributed by atoms with Crippen LogP contribution >= 0.6 is 0 Å². The Hall–Kier alpha value is -2.68. The Kier molecular flexibility index (Phi) is 3.61. The van der Waals surface area contributed by atoms with Gasteiger partial charge in [0.1, 0.15) is 0 Å². The number of fused-ring (bicyclic) bond motifs is 4. The van der Waals surface area contributed by atoms with Crippen molar-refractivity contribution in [2.24, 2.45) is 0 Å². The highest BCUT2D eigenvalue weighted by Gasteiger charge is 2.46. The molecule has 3 nitrogen and oxygen atoms in total. The molecule has 2 aromatic carbocycles. The van der Waals surface area contributed by atoms with Gasteiger partial charge in [-0.3, -0.25) is 9.78 Å². The third-order valence-corrected chi connectivity index (χ3v) is 6.81. The van der Waals surface area contributed by atoms with Crippen LogP contribution < -0.4 is 0 Å². The van der Waals surface area contributed by atoms with Crippen molar-refractivity contribution >= 4 is 16.8 Å². The van der Waals surface area contributed by atoms with Crippen LogP contribution in [0.1, 0.15) is 37.3 Å². The first-order valence-electron chi connectivity index (χ1n) is 9.81. The molecule has 3 aromatic rings. The minimum atomic E-state index is 0.0613. The first kappa shape index (κ1) is 16.5. The Morgan fingerprint density at radius 3 is 2.85 bits per heavy atom. The van der Waals surface area contributed by atoms with Crippen LogP contribution in [0.3, 0.4) is 0 Å². The van der Waals surface area contributed by atoms with Crippen molar-refractivity contribution in [2.75, 3.05) is 7.05 Å². The molecular formula is C24H24N2O. The number of nitrogens with zero attached hydrogens (tertiary/aromatic N) is 2. The SMILES string of the molecule is CN1C(=O)CC[C@]2(C)c3ccc(-c4cccc5cccnc45)cc3CC[C@@H]12. The quantitative estimate of drug-likeness (QED) is 0.632. The van der Waals surface area contributed by atoms with Gasteiger partial charge in [-0.1, -0.05) is 49.4 Å². The van der Waals surface area contributed by atoms with E-state index in [4.69, 9.17) is 0 Å². The third kappa shape index (κ3) is 2.41. The van der Waals surface area contributed by atoms with Gasteiger partial charge in [0.2, 0.25) is 5.91 Å². The van der Waals surface area contributed by atoms with Crippen molar-refractivity contribution in [1.29, 1.82) is 0 Å². The van der Waals surface area contributed by atoms with E-state index in [0.717, 1.165) is 24.8 Å². The molecule has 1 aliphatic heterocycles. The topological polar surface area (TPSA) is 33.2 Å². The van der Waals surface area contributed by atoms with E-state index in [9.17, 15) is 4.79 Å².